The third-order valence-electron chi connectivity index (χ3n) is 9.20. The van der Waals surface area contributed by atoms with Gasteiger partial charge in [-0.2, -0.15) is 0 Å². The van der Waals surface area contributed by atoms with Gasteiger partial charge in [-0.15, -0.1) is 0 Å². The fourth-order valence-corrected chi connectivity index (χ4v) is 8.12. The minimum absolute atomic E-state index is 0.103. The Labute approximate surface area is 225 Å². The fraction of sp³-hybridized carbons (Fsp3) is 0.586. The molecule has 1 aliphatic heterocycles. The minimum Gasteiger partial charge on any atom is -0.396 e. The molecule has 1 spiro atoms. The molecular formula is C29H38N4O4S. The smallest absolute Gasteiger partial charge is 0.259 e. The van der Waals surface area contributed by atoms with Crippen molar-refractivity contribution in [2.24, 2.45) is 5.41 Å². The van der Waals surface area contributed by atoms with Gasteiger partial charge < -0.3 is 20.6 Å². The maximum Gasteiger partial charge on any atom is 0.259 e. The van der Waals surface area contributed by atoms with Gasteiger partial charge in [-0.25, -0.2) is 13.4 Å². The van der Waals surface area contributed by atoms with E-state index in [1.165, 1.54) is 12.8 Å². The molecular weight excluding hydrogens is 500 g/mol. The van der Waals surface area contributed by atoms with Crippen molar-refractivity contribution in [2.75, 3.05) is 35.2 Å². The van der Waals surface area contributed by atoms with Crippen LogP contribution in [0.3, 0.4) is 0 Å². The Hall–Kier alpha value is -2.65. The molecule has 3 saturated carbocycles. The van der Waals surface area contributed by atoms with Crippen LogP contribution in [0.2, 0.25) is 0 Å². The molecule has 1 aromatic carbocycles. The number of rotatable bonds is 9. The first kappa shape index (κ1) is 25.6. The van der Waals surface area contributed by atoms with Crippen molar-refractivity contribution in [1.82, 2.24) is 4.98 Å². The standard InChI is InChI=1S/C29H38N4O4S/c34-19-16-29(12-13-29)32-25-9-8-24(26(31-25)33-17-14-28(10-11-28)15-18-33)27(35)30-21-4-3-7-23(20-21)38(36,37)22-5-1-2-6-22/h3-4,7-9,20,22,34H,1-2,5-6,10-19H2,(H,30,35)(H,31,32). The van der Waals surface area contributed by atoms with Crippen molar-refractivity contribution in [3.05, 3.63) is 42.0 Å². The molecule has 6 rings (SSSR count). The number of piperidine rings is 1. The molecule has 3 aliphatic carbocycles. The van der Waals surface area contributed by atoms with E-state index in [2.05, 4.69) is 15.5 Å². The number of aromatic nitrogens is 1. The number of amides is 1. The number of sulfone groups is 1. The van der Waals surface area contributed by atoms with E-state index in [-0.39, 0.29) is 28.2 Å². The number of pyridine rings is 1. The Bertz CT molecular complexity index is 1300. The number of benzene rings is 1. The van der Waals surface area contributed by atoms with Crippen molar-refractivity contribution >= 4 is 33.1 Å². The summed E-state index contributed by atoms with van der Waals surface area (Å²) in [5.41, 5.74) is 1.35. The monoisotopic (exact) mass is 538 g/mol. The molecule has 38 heavy (non-hydrogen) atoms. The maximum atomic E-state index is 13.6. The van der Waals surface area contributed by atoms with E-state index in [0.717, 1.165) is 57.4 Å². The molecule has 8 nitrogen and oxygen atoms in total. The highest BCUT2D eigenvalue weighted by Gasteiger charge is 2.45. The Morgan fingerprint density at radius 1 is 1.03 bits per heavy atom. The number of nitrogens with one attached hydrogen (secondary N) is 2. The lowest BCUT2D eigenvalue weighted by Crippen LogP contribution is -2.36. The van der Waals surface area contributed by atoms with Crippen LogP contribution >= 0.6 is 0 Å². The van der Waals surface area contributed by atoms with Crippen LogP contribution in [-0.4, -0.2) is 54.9 Å². The number of hydrogen-bond donors (Lipinski definition) is 3. The van der Waals surface area contributed by atoms with Gasteiger partial charge in [0.15, 0.2) is 9.84 Å². The summed E-state index contributed by atoms with van der Waals surface area (Å²) in [5.74, 6) is 1.09. The first-order valence-electron chi connectivity index (χ1n) is 14.1. The van der Waals surface area contributed by atoms with Gasteiger partial charge in [0.2, 0.25) is 0 Å². The van der Waals surface area contributed by atoms with Gasteiger partial charge in [0, 0.05) is 30.9 Å². The van der Waals surface area contributed by atoms with Crippen molar-refractivity contribution in [3.8, 4) is 0 Å². The molecule has 4 aliphatic rings. The Morgan fingerprint density at radius 3 is 2.42 bits per heavy atom. The van der Waals surface area contributed by atoms with Crippen LogP contribution in [0.5, 0.6) is 0 Å². The summed E-state index contributed by atoms with van der Waals surface area (Å²) in [5, 5.41) is 15.6. The molecule has 0 unspecified atom stereocenters. The van der Waals surface area contributed by atoms with Crippen LogP contribution in [0.1, 0.15) is 81.0 Å². The van der Waals surface area contributed by atoms with Crippen LogP contribution < -0.4 is 15.5 Å². The van der Waals surface area contributed by atoms with Gasteiger partial charge in [0.1, 0.15) is 11.6 Å². The second kappa shape index (κ2) is 9.83. The van der Waals surface area contributed by atoms with Crippen LogP contribution in [0.4, 0.5) is 17.3 Å². The second-order valence-electron chi connectivity index (χ2n) is 11.9. The highest BCUT2D eigenvalue weighted by molar-refractivity contribution is 7.92. The zero-order valence-electron chi connectivity index (χ0n) is 21.9. The van der Waals surface area contributed by atoms with E-state index in [9.17, 15) is 18.3 Å². The van der Waals surface area contributed by atoms with Gasteiger partial charge >= 0.3 is 0 Å². The zero-order chi connectivity index (χ0) is 26.4. The number of carbonyl (C=O) groups is 1. The molecule has 204 valence electrons. The summed E-state index contributed by atoms with van der Waals surface area (Å²) < 4.78 is 26.2. The summed E-state index contributed by atoms with van der Waals surface area (Å²) in [7, 11) is -3.41. The lowest BCUT2D eigenvalue weighted by Gasteiger charge is -2.34. The van der Waals surface area contributed by atoms with E-state index < -0.39 is 9.84 Å². The molecule has 3 N–H and O–H groups in total. The lowest BCUT2D eigenvalue weighted by molar-refractivity contribution is 0.102. The Kier molecular flexibility index (Phi) is 6.63. The topological polar surface area (TPSA) is 112 Å². The van der Waals surface area contributed by atoms with Gasteiger partial charge in [0.05, 0.1) is 15.7 Å². The third-order valence-corrected chi connectivity index (χ3v) is 11.5. The predicted molar refractivity (Wildman–Crippen MR) is 148 cm³/mol. The van der Waals surface area contributed by atoms with E-state index in [1.54, 1.807) is 24.3 Å². The van der Waals surface area contributed by atoms with Gasteiger partial charge in [-0.3, -0.25) is 4.79 Å². The number of nitrogens with zero attached hydrogens (tertiary/aromatic N) is 2. The molecule has 2 aromatic rings. The van der Waals surface area contributed by atoms with Gasteiger partial charge in [-0.1, -0.05) is 18.9 Å². The van der Waals surface area contributed by atoms with Crippen molar-refractivity contribution in [2.45, 2.75) is 86.3 Å². The number of anilines is 3. The molecule has 1 aromatic heterocycles. The van der Waals surface area contributed by atoms with E-state index in [0.29, 0.717) is 41.7 Å². The highest BCUT2D eigenvalue weighted by atomic mass is 32.2. The van der Waals surface area contributed by atoms with Crippen molar-refractivity contribution < 1.29 is 18.3 Å². The third kappa shape index (κ3) is 5.15. The highest BCUT2D eigenvalue weighted by Crippen LogP contribution is 2.54. The maximum absolute atomic E-state index is 13.6. The Morgan fingerprint density at radius 2 is 1.76 bits per heavy atom. The summed E-state index contributed by atoms with van der Waals surface area (Å²) in [6, 6.07) is 10.3. The number of aliphatic hydroxyl groups is 1. The summed E-state index contributed by atoms with van der Waals surface area (Å²) in [6.45, 7) is 1.87. The van der Waals surface area contributed by atoms with Gasteiger partial charge in [0.25, 0.3) is 5.91 Å². The van der Waals surface area contributed by atoms with Crippen LogP contribution in [0.15, 0.2) is 41.3 Å². The SMILES string of the molecule is O=C(Nc1cccc(S(=O)(=O)C2CCCC2)c1)c1ccc(NC2(CCO)CC2)nc1N1CCC2(CC1)CC2. The van der Waals surface area contributed by atoms with Crippen molar-refractivity contribution in [1.29, 1.82) is 0 Å². The molecule has 1 amide bonds. The van der Waals surface area contributed by atoms with Gasteiger partial charge in [-0.05, 0) is 93.5 Å². The molecule has 0 atom stereocenters. The molecule has 0 radical (unpaired) electrons. The van der Waals surface area contributed by atoms with Crippen LogP contribution in [-0.2, 0) is 9.84 Å². The predicted octanol–water partition coefficient (Wildman–Crippen LogP) is 4.76. The summed E-state index contributed by atoms with van der Waals surface area (Å²) in [4.78, 5) is 21.0. The average molecular weight is 539 g/mol. The molecule has 1 saturated heterocycles. The fourth-order valence-electron chi connectivity index (χ4n) is 6.22. The molecule has 9 heteroatoms. The molecule has 4 fully saturated rings. The van der Waals surface area contributed by atoms with E-state index >= 15 is 0 Å². The van der Waals surface area contributed by atoms with Crippen molar-refractivity contribution in [3.63, 3.8) is 0 Å². The van der Waals surface area contributed by atoms with E-state index in [1.807, 2.05) is 12.1 Å². The summed E-state index contributed by atoms with van der Waals surface area (Å²) in [6.07, 6.45) is 10.8. The minimum atomic E-state index is -3.41. The first-order chi connectivity index (χ1) is 18.3. The van der Waals surface area contributed by atoms with Crippen LogP contribution in [0, 0.1) is 5.41 Å². The zero-order valence-corrected chi connectivity index (χ0v) is 22.7. The second-order valence-corrected chi connectivity index (χ2v) is 14.1. The number of hydrogen-bond acceptors (Lipinski definition) is 7. The van der Waals surface area contributed by atoms with Crippen LogP contribution in [0.25, 0.3) is 0 Å². The average Bonchev–Trinajstić information content (AvgIpc) is 3.78. The largest absolute Gasteiger partial charge is 0.396 e. The summed E-state index contributed by atoms with van der Waals surface area (Å²) >= 11 is 0. The first-order valence-corrected chi connectivity index (χ1v) is 15.7. The number of carbonyl (C=O) groups excluding carboxylic acids is 1. The lowest BCUT2D eigenvalue weighted by atomic mass is 9.93. The molecule has 2 heterocycles. The molecule has 0 bridgehead atoms. The number of aliphatic hydroxyl groups excluding tert-OH is 1. The quantitative estimate of drug-likeness (QED) is 0.422. The van der Waals surface area contributed by atoms with E-state index in [4.69, 9.17) is 4.98 Å². The Balaban J connectivity index is 1.25. The normalized spacial score (nSPS) is 21.9.